The maximum absolute atomic E-state index is 11.9. The number of nitrogens with one attached hydrogen (secondary N) is 1. The molecule has 3 aromatic rings. The van der Waals surface area contributed by atoms with Gasteiger partial charge in [0.2, 0.25) is 0 Å². The fraction of sp³-hybridized carbons (Fsp3) is 0.100. The number of anilines is 1. The molecule has 6 nitrogen and oxygen atoms in total. The Morgan fingerprint density at radius 2 is 1.81 bits per heavy atom. The highest BCUT2D eigenvalue weighted by molar-refractivity contribution is 7.12. The van der Waals surface area contributed by atoms with E-state index < -0.39 is 0 Å². The Hall–Kier alpha value is -3.32. The van der Waals surface area contributed by atoms with Crippen LogP contribution in [0.1, 0.15) is 10.4 Å². The highest BCUT2D eigenvalue weighted by Crippen LogP contribution is 2.17. The summed E-state index contributed by atoms with van der Waals surface area (Å²) in [5.74, 6) is 0.648. The second kappa shape index (κ2) is 9.40. The molecule has 0 spiro atoms. The van der Waals surface area contributed by atoms with E-state index in [4.69, 9.17) is 15.3 Å². The minimum absolute atomic E-state index is 0.224. The Morgan fingerprint density at radius 1 is 1.04 bits per heavy atom. The van der Waals surface area contributed by atoms with Crippen molar-refractivity contribution in [1.29, 1.82) is 0 Å². The van der Waals surface area contributed by atoms with Crippen LogP contribution in [0.4, 0.5) is 5.69 Å². The van der Waals surface area contributed by atoms with Crippen LogP contribution in [0, 0.1) is 0 Å². The highest BCUT2D eigenvalue weighted by atomic mass is 32.1. The van der Waals surface area contributed by atoms with Gasteiger partial charge in [0.15, 0.2) is 12.4 Å². The molecule has 3 rings (SSSR count). The van der Waals surface area contributed by atoms with Gasteiger partial charge in [0, 0.05) is 5.69 Å². The number of benzene rings is 2. The molecule has 1 aromatic heterocycles. The summed E-state index contributed by atoms with van der Waals surface area (Å²) in [6.45, 7) is 0.266. The Morgan fingerprint density at radius 3 is 2.52 bits per heavy atom. The topological polar surface area (TPSA) is 85.9 Å². The van der Waals surface area contributed by atoms with Gasteiger partial charge in [0.1, 0.15) is 12.4 Å². The molecule has 0 aliphatic carbocycles. The molecule has 0 aliphatic rings. The predicted molar refractivity (Wildman–Crippen MR) is 107 cm³/mol. The van der Waals surface area contributed by atoms with Gasteiger partial charge < -0.3 is 20.6 Å². The Labute approximate surface area is 161 Å². The molecule has 0 aliphatic heterocycles. The van der Waals surface area contributed by atoms with Crippen molar-refractivity contribution >= 4 is 28.8 Å². The van der Waals surface area contributed by atoms with Crippen LogP contribution < -0.4 is 15.8 Å². The molecule has 1 amide bonds. The van der Waals surface area contributed by atoms with Gasteiger partial charge in [-0.1, -0.05) is 41.6 Å². The summed E-state index contributed by atoms with van der Waals surface area (Å²) in [7, 11) is 0. The quantitative estimate of drug-likeness (QED) is 0.355. The van der Waals surface area contributed by atoms with E-state index in [-0.39, 0.29) is 18.3 Å². The molecule has 0 radical (unpaired) electrons. The van der Waals surface area contributed by atoms with E-state index in [1.807, 2.05) is 47.8 Å². The molecule has 0 unspecified atom stereocenters. The van der Waals surface area contributed by atoms with E-state index >= 15 is 0 Å². The van der Waals surface area contributed by atoms with Crippen molar-refractivity contribution < 1.29 is 14.4 Å². The van der Waals surface area contributed by atoms with E-state index in [1.54, 1.807) is 24.3 Å². The van der Waals surface area contributed by atoms with Crippen molar-refractivity contribution in [2.75, 3.05) is 11.9 Å². The summed E-state index contributed by atoms with van der Waals surface area (Å²) in [4.78, 5) is 17.7. The molecule has 138 valence electrons. The van der Waals surface area contributed by atoms with Crippen LogP contribution in [0.2, 0.25) is 0 Å². The lowest BCUT2D eigenvalue weighted by atomic mass is 10.2. The van der Waals surface area contributed by atoms with Crippen LogP contribution in [0.5, 0.6) is 5.75 Å². The summed E-state index contributed by atoms with van der Waals surface area (Å²) in [5, 5.41) is 8.35. The number of carbonyl (C=O) groups excluding carboxylic acids is 1. The van der Waals surface area contributed by atoms with E-state index in [1.165, 1.54) is 11.3 Å². The van der Waals surface area contributed by atoms with Gasteiger partial charge in [-0.3, -0.25) is 4.79 Å². The number of amides is 1. The summed E-state index contributed by atoms with van der Waals surface area (Å²) in [5.41, 5.74) is 7.49. The third-order valence-electron chi connectivity index (χ3n) is 3.52. The van der Waals surface area contributed by atoms with Crippen molar-refractivity contribution in [2.45, 2.75) is 6.61 Å². The second-order valence-electron chi connectivity index (χ2n) is 5.57. The minimum Gasteiger partial charge on any atom is -0.489 e. The fourth-order valence-corrected chi connectivity index (χ4v) is 2.82. The first-order valence-electron chi connectivity index (χ1n) is 8.26. The molecule has 0 saturated carbocycles. The minimum atomic E-state index is -0.323. The van der Waals surface area contributed by atoms with Crippen LogP contribution in [-0.4, -0.2) is 18.3 Å². The lowest BCUT2D eigenvalue weighted by Gasteiger charge is -2.08. The van der Waals surface area contributed by atoms with Gasteiger partial charge in [-0.25, -0.2) is 0 Å². The summed E-state index contributed by atoms with van der Waals surface area (Å²) in [6, 6.07) is 20.7. The van der Waals surface area contributed by atoms with Crippen LogP contribution in [0.25, 0.3) is 0 Å². The molecular formula is C20H19N3O3S. The Balaban J connectivity index is 1.43. The van der Waals surface area contributed by atoms with Gasteiger partial charge in [0.05, 0.1) is 4.88 Å². The first-order valence-corrected chi connectivity index (χ1v) is 9.14. The lowest BCUT2D eigenvalue weighted by Crippen LogP contribution is -2.19. The van der Waals surface area contributed by atoms with E-state index in [2.05, 4.69) is 10.5 Å². The smallest absolute Gasteiger partial charge is 0.265 e. The number of rotatable bonds is 8. The van der Waals surface area contributed by atoms with Crippen LogP contribution in [0.15, 0.2) is 77.3 Å². The molecule has 7 heteroatoms. The predicted octanol–water partition coefficient (Wildman–Crippen LogP) is 3.60. The molecule has 1 heterocycles. The monoisotopic (exact) mass is 381 g/mol. The maximum Gasteiger partial charge on any atom is 0.265 e. The van der Waals surface area contributed by atoms with E-state index in [9.17, 15) is 4.79 Å². The third-order valence-corrected chi connectivity index (χ3v) is 4.41. The van der Waals surface area contributed by atoms with Crippen LogP contribution in [0.3, 0.4) is 0 Å². The number of carbonyl (C=O) groups is 1. The van der Waals surface area contributed by atoms with Crippen LogP contribution in [-0.2, 0) is 16.2 Å². The number of oxime groups is 1. The third kappa shape index (κ3) is 5.86. The molecule has 0 atom stereocenters. The van der Waals surface area contributed by atoms with Crippen molar-refractivity contribution in [2.24, 2.45) is 10.9 Å². The number of nitrogens with zero attached hydrogens (tertiary/aromatic N) is 1. The fourth-order valence-electron chi connectivity index (χ4n) is 2.20. The Kier molecular flexibility index (Phi) is 6.43. The van der Waals surface area contributed by atoms with Crippen molar-refractivity contribution in [1.82, 2.24) is 0 Å². The maximum atomic E-state index is 11.9. The van der Waals surface area contributed by atoms with Crippen molar-refractivity contribution in [3.63, 3.8) is 0 Å². The highest BCUT2D eigenvalue weighted by Gasteiger charge is 2.05. The number of thiophene rings is 1. The normalized spacial score (nSPS) is 11.0. The zero-order valence-corrected chi connectivity index (χ0v) is 15.3. The lowest BCUT2D eigenvalue weighted by molar-refractivity contribution is -0.120. The molecule has 0 fully saturated rings. The van der Waals surface area contributed by atoms with Gasteiger partial charge in [-0.15, -0.1) is 11.3 Å². The summed E-state index contributed by atoms with van der Waals surface area (Å²) < 4.78 is 5.71. The second-order valence-corrected chi connectivity index (χ2v) is 6.52. The van der Waals surface area contributed by atoms with Crippen molar-refractivity contribution in [3.05, 3.63) is 82.6 Å². The SMILES string of the molecule is N/C(=N\OCC(=O)Nc1ccc(OCc2ccccc2)cc1)c1cccs1. The number of nitrogens with two attached hydrogens (primary N) is 1. The van der Waals surface area contributed by atoms with Gasteiger partial charge in [0.25, 0.3) is 5.91 Å². The number of hydrogen-bond donors (Lipinski definition) is 2. The molecule has 3 N–H and O–H groups in total. The summed E-state index contributed by atoms with van der Waals surface area (Å²) >= 11 is 1.45. The van der Waals surface area contributed by atoms with Gasteiger partial charge in [-0.2, -0.15) is 0 Å². The zero-order chi connectivity index (χ0) is 18.9. The van der Waals surface area contributed by atoms with E-state index in [0.717, 1.165) is 16.2 Å². The number of hydrogen-bond acceptors (Lipinski definition) is 5. The Bertz CT molecular complexity index is 879. The number of ether oxygens (including phenoxy) is 1. The molecule has 2 aromatic carbocycles. The molecule has 27 heavy (non-hydrogen) atoms. The molecular weight excluding hydrogens is 362 g/mol. The van der Waals surface area contributed by atoms with Gasteiger partial charge >= 0.3 is 0 Å². The van der Waals surface area contributed by atoms with Crippen molar-refractivity contribution in [3.8, 4) is 5.75 Å². The standard InChI is InChI=1S/C20H19N3O3S/c21-20(18-7-4-12-27-18)23-26-14-19(24)22-16-8-10-17(11-9-16)25-13-15-5-2-1-3-6-15/h1-12H,13-14H2,(H2,21,23)(H,22,24). The van der Waals surface area contributed by atoms with E-state index in [0.29, 0.717) is 12.3 Å². The summed E-state index contributed by atoms with van der Waals surface area (Å²) in [6.07, 6.45) is 0. The first-order chi connectivity index (χ1) is 13.2. The first kappa shape index (κ1) is 18.5. The van der Waals surface area contributed by atoms with Crippen LogP contribution >= 0.6 is 11.3 Å². The largest absolute Gasteiger partial charge is 0.489 e. The number of amidine groups is 1. The van der Waals surface area contributed by atoms with Gasteiger partial charge in [-0.05, 0) is 41.3 Å². The molecule has 0 bridgehead atoms. The average Bonchev–Trinajstić information content (AvgIpc) is 3.23. The average molecular weight is 381 g/mol. The zero-order valence-electron chi connectivity index (χ0n) is 14.5. The molecule has 0 saturated heterocycles.